The average molecular weight is 1010 g/mol. The maximum atomic E-state index is 14.2. The van der Waals surface area contributed by atoms with Crippen molar-refractivity contribution < 1.29 is 23.6 Å². The standard InChI is InChI=1S/3C16H32O2S.C2H5.Sn/c3*1-3-5-6-7-8-9-10-11-12-13-14-16(19,4-2)15(17)18;1-2;/h3*19H,3-14H2,1-2H3,(H,17,18);1H2,2H3;/q;;;;+3/p-3. The molecule has 0 rings (SSSR count). The van der Waals surface area contributed by atoms with Gasteiger partial charge in [0.15, 0.2) is 0 Å². The van der Waals surface area contributed by atoms with Crippen LogP contribution in [-0.4, -0.2) is 51.8 Å². The van der Waals surface area contributed by atoms with Gasteiger partial charge in [-0.25, -0.2) is 0 Å². The van der Waals surface area contributed by atoms with Crippen LogP contribution in [0, 0.1) is 0 Å². The van der Waals surface area contributed by atoms with Crippen LogP contribution >= 0.6 is 37.9 Å². The summed E-state index contributed by atoms with van der Waals surface area (Å²) in [6.45, 7) is 14.4. The number of rotatable bonds is 43. The van der Waals surface area contributed by atoms with Gasteiger partial charge in [-0.2, -0.15) is 0 Å². The van der Waals surface area contributed by atoms with Gasteiger partial charge in [-0.1, -0.05) is 59.3 Å². The zero-order chi connectivity index (χ0) is 45.0. The second-order valence-corrected chi connectivity index (χ2v) is 28.4. The van der Waals surface area contributed by atoms with Crippen LogP contribution in [0.5, 0.6) is 0 Å². The Bertz CT molecular complexity index is 954. The average Bonchev–Trinajstić information content (AvgIpc) is 3.24. The van der Waals surface area contributed by atoms with E-state index in [-0.39, 0.29) is 4.44 Å². The van der Waals surface area contributed by atoms with E-state index in [9.17, 15) is 14.4 Å². The Morgan fingerprint density at radius 1 is 0.333 bits per heavy atom. The predicted octanol–water partition coefficient (Wildman–Crippen LogP) is 16.7. The topological polar surface area (TPSA) is 78.9 Å². The molecule has 0 bridgehead atoms. The van der Waals surface area contributed by atoms with E-state index in [1.807, 2.05) is 20.8 Å². The minimum Gasteiger partial charge on any atom is -0.0654 e. The number of carbonyl (C=O) groups excluding carboxylic acids is 3. The molecule has 6 nitrogen and oxygen atoms in total. The summed E-state index contributed by atoms with van der Waals surface area (Å²) in [5, 5.41) is 0. The van der Waals surface area contributed by atoms with Crippen molar-refractivity contribution >= 4 is 75.4 Å². The van der Waals surface area contributed by atoms with Crippen LogP contribution in [0.3, 0.4) is 0 Å². The normalized spacial score (nSPS) is 15.7. The molecular weight excluding hydrogens is 911 g/mol. The fourth-order valence-electron chi connectivity index (χ4n) is 7.97. The fourth-order valence-corrected chi connectivity index (χ4v) is 15.0. The fraction of sp³-hybridized carbons (Fsp3) is 0.940. The molecule has 356 valence electrons. The molecule has 0 aromatic rings. The number of thiol groups is 3. The second-order valence-electron chi connectivity index (χ2n) is 18.2. The summed E-state index contributed by atoms with van der Waals surface area (Å²) >= 11 is 9.52. The Labute approximate surface area is 394 Å². The summed E-state index contributed by atoms with van der Waals surface area (Å²) in [6, 6.07) is 0. The van der Waals surface area contributed by atoms with Gasteiger partial charge in [-0.15, -0.1) is 0 Å². The van der Waals surface area contributed by atoms with E-state index in [4.69, 9.17) is 47.1 Å². The van der Waals surface area contributed by atoms with E-state index in [0.717, 1.165) is 57.8 Å². The molecule has 0 heterocycles. The monoisotopic (exact) mass is 1010 g/mol. The van der Waals surface area contributed by atoms with E-state index in [1.54, 1.807) is 6.92 Å². The van der Waals surface area contributed by atoms with E-state index in [1.165, 1.54) is 135 Å². The van der Waals surface area contributed by atoms with Crippen molar-refractivity contribution in [1.29, 1.82) is 0 Å². The van der Waals surface area contributed by atoms with Gasteiger partial charge < -0.3 is 0 Å². The molecule has 3 atom stereocenters. The molecule has 10 heteroatoms. The Hall–Kier alpha value is 0.259. The quantitative estimate of drug-likeness (QED) is 0.0321. The van der Waals surface area contributed by atoms with Gasteiger partial charge in [-0.3, -0.25) is 0 Å². The molecule has 0 fully saturated rings. The van der Waals surface area contributed by atoms with Crippen molar-refractivity contribution in [3.63, 3.8) is 0 Å². The van der Waals surface area contributed by atoms with Crippen LogP contribution in [-0.2, 0) is 23.6 Å². The Morgan fingerprint density at radius 2 is 0.517 bits per heavy atom. The molecule has 0 aliphatic rings. The Morgan fingerprint density at radius 3 is 0.683 bits per heavy atom. The second kappa shape index (κ2) is 37.5. The minimum absolute atomic E-state index is 0.140. The van der Waals surface area contributed by atoms with Crippen LogP contribution in [0.25, 0.3) is 0 Å². The molecule has 0 saturated carbocycles. The van der Waals surface area contributed by atoms with Crippen molar-refractivity contribution in [1.82, 2.24) is 0 Å². The van der Waals surface area contributed by atoms with Gasteiger partial charge in [0, 0.05) is 0 Å². The summed E-state index contributed by atoms with van der Waals surface area (Å²) in [7, 11) is 0. The molecule has 0 aromatic carbocycles. The van der Waals surface area contributed by atoms with E-state index in [2.05, 4.69) is 20.8 Å². The number of hydrogen-bond donors (Lipinski definition) is 3. The van der Waals surface area contributed by atoms with Gasteiger partial charge in [0.1, 0.15) is 0 Å². The molecule has 60 heavy (non-hydrogen) atoms. The molecule has 3 unspecified atom stereocenters. The third-order valence-electron chi connectivity index (χ3n) is 12.9. The molecule has 0 N–H and O–H groups in total. The smallest absolute Gasteiger partial charge is 0.0654 e. The number of hydrogen-bond acceptors (Lipinski definition) is 9. The first-order valence-corrected chi connectivity index (χ1v) is 32.5. The zero-order valence-electron chi connectivity index (χ0n) is 40.5. The van der Waals surface area contributed by atoms with Crippen molar-refractivity contribution in [3.8, 4) is 0 Å². The molecule has 0 aliphatic carbocycles. The molecule has 0 radical (unpaired) electrons. The van der Waals surface area contributed by atoms with Gasteiger partial charge in [0.25, 0.3) is 0 Å². The van der Waals surface area contributed by atoms with Crippen LogP contribution in [0.2, 0.25) is 4.44 Å². The van der Waals surface area contributed by atoms with Crippen LogP contribution in [0.1, 0.15) is 280 Å². The molecule has 0 spiro atoms. The number of carbonyl (C=O) groups is 3. The van der Waals surface area contributed by atoms with Crippen molar-refractivity contribution in [2.45, 2.75) is 298 Å². The first kappa shape index (κ1) is 60.3. The first-order valence-electron chi connectivity index (χ1n) is 25.7. The molecule has 0 aliphatic heterocycles. The molecule has 0 aromatic heterocycles. The summed E-state index contributed by atoms with van der Waals surface area (Å²) < 4.78 is 16.0. The minimum atomic E-state index is -5.30. The van der Waals surface area contributed by atoms with Gasteiger partial charge in [-0.05, 0) is 0 Å². The van der Waals surface area contributed by atoms with Crippen molar-refractivity contribution in [3.05, 3.63) is 0 Å². The van der Waals surface area contributed by atoms with Crippen molar-refractivity contribution in [2.24, 2.45) is 0 Å². The van der Waals surface area contributed by atoms with Crippen LogP contribution in [0.4, 0.5) is 0 Å². The predicted molar refractivity (Wildman–Crippen MR) is 270 cm³/mol. The van der Waals surface area contributed by atoms with Gasteiger partial charge in [0.05, 0.1) is 0 Å². The molecule has 0 amide bonds. The zero-order valence-corrected chi connectivity index (χ0v) is 46.0. The van der Waals surface area contributed by atoms with Crippen molar-refractivity contribution in [2.75, 3.05) is 0 Å². The third kappa shape index (κ3) is 26.9. The van der Waals surface area contributed by atoms with Gasteiger partial charge >= 0.3 is 338 Å². The Balaban J connectivity index is 5.84. The molecule has 0 saturated heterocycles. The van der Waals surface area contributed by atoms with Gasteiger partial charge in [0.2, 0.25) is 0 Å². The SMILES string of the molecule is CCCCCCCCCCCCC(S)(CC)C(=O)[O][Sn]([CH2]C)([O]C(=O)C(S)(CC)CCCCCCCCCCCC)[O]C(=O)C(S)(CC)CCCCCCCCCCCC. The summed E-state index contributed by atoms with van der Waals surface area (Å²) in [6.07, 6.45) is 38.9. The third-order valence-corrected chi connectivity index (χ3v) is 21.8. The van der Waals surface area contributed by atoms with E-state index >= 15 is 0 Å². The maximum absolute atomic E-state index is 14.2. The summed E-state index contributed by atoms with van der Waals surface area (Å²) in [5.74, 6) is -1.64. The Kier molecular flexibility index (Phi) is 37.6. The van der Waals surface area contributed by atoms with E-state index in [0.29, 0.717) is 38.5 Å². The summed E-state index contributed by atoms with van der Waals surface area (Å²) in [5.41, 5.74) is 0. The summed E-state index contributed by atoms with van der Waals surface area (Å²) in [4.78, 5) is 42.7. The van der Waals surface area contributed by atoms with Crippen LogP contribution in [0.15, 0.2) is 0 Å². The molecular formula is C50H98O6S3Sn. The van der Waals surface area contributed by atoms with E-state index < -0.39 is 51.8 Å². The first-order chi connectivity index (χ1) is 28.8. The van der Waals surface area contributed by atoms with Crippen LogP contribution < -0.4 is 0 Å². The number of unbranched alkanes of at least 4 members (excludes halogenated alkanes) is 27.